The SMILES string of the molecule is NS(=O)(=O)c1ccc(C(=O)N2C[C@@H]3CN(C(=O)c4cnc(OC5CCOCC5)c(C5CC5)c4)C[C@H]3C2)cc1. The van der Waals surface area contributed by atoms with Gasteiger partial charge in [0.15, 0.2) is 0 Å². The van der Waals surface area contributed by atoms with Crippen molar-refractivity contribution in [3.05, 3.63) is 53.2 Å². The average molecular weight is 541 g/mol. The van der Waals surface area contributed by atoms with Gasteiger partial charge in [0, 0.05) is 68.2 Å². The monoisotopic (exact) mass is 540 g/mol. The van der Waals surface area contributed by atoms with Crippen LogP contribution in [0.3, 0.4) is 0 Å². The minimum Gasteiger partial charge on any atom is -0.474 e. The van der Waals surface area contributed by atoms with E-state index in [1.54, 1.807) is 11.1 Å². The van der Waals surface area contributed by atoms with Crippen molar-refractivity contribution < 1.29 is 27.5 Å². The second kappa shape index (κ2) is 9.94. The lowest BCUT2D eigenvalue weighted by atomic mass is 10.0. The first kappa shape index (κ1) is 25.3. The summed E-state index contributed by atoms with van der Waals surface area (Å²) in [6, 6.07) is 7.65. The van der Waals surface area contributed by atoms with E-state index < -0.39 is 10.0 Å². The molecule has 4 heterocycles. The molecule has 1 aromatic carbocycles. The van der Waals surface area contributed by atoms with E-state index >= 15 is 0 Å². The van der Waals surface area contributed by atoms with Gasteiger partial charge in [-0.1, -0.05) is 0 Å². The minimum atomic E-state index is -3.81. The Kier molecular flexibility index (Phi) is 6.61. The van der Waals surface area contributed by atoms with Crippen LogP contribution in [-0.4, -0.2) is 80.5 Å². The molecule has 1 saturated carbocycles. The quantitative estimate of drug-likeness (QED) is 0.593. The van der Waals surface area contributed by atoms with Gasteiger partial charge in [-0.15, -0.1) is 0 Å². The number of carbonyl (C=O) groups excluding carboxylic acids is 2. The van der Waals surface area contributed by atoms with Gasteiger partial charge in [0.1, 0.15) is 6.10 Å². The summed E-state index contributed by atoms with van der Waals surface area (Å²) < 4.78 is 34.6. The summed E-state index contributed by atoms with van der Waals surface area (Å²) >= 11 is 0. The van der Waals surface area contributed by atoms with Crippen molar-refractivity contribution in [2.45, 2.75) is 42.6 Å². The van der Waals surface area contributed by atoms with Gasteiger partial charge in [0.2, 0.25) is 15.9 Å². The molecule has 0 bridgehead atoms. The number of likely N-dealkylation sites (tertiary alicyclic amines) is 2. The van der Waals surface area contributed by atoms with Crippen LogP contribution in [0.15, 0.2) is 41.4 Å². The number of benzene rings is 1. The summed E-state index contributed by atoms with van der Waals surface area (Å²) in [4.78, 5) is 34.6. The van der Waals surface area contributed by atoms with E-state index in [0.29, 0.717) is 62.3 Å². The number of ether oxygens (including phenoxy) is 2. The summed E-state index contributed by atoms with van der Waals surface area (Å²) in [5.74, 6) is 1.30. The number of hydrogen-bond donors (Lipinski definition) is 1. The summed E-state index contributed by atoms with van der Waals surface area (Å²) in [6.45, 7) is 3.71. The van der Waals surface area contributed by atoms with Gasteiger partial charge in [-0.2, -0.15) is 0 Å². The maximum atomic E-state index is 13.4. The van der Waals surface area contributed by atoms with E-state index in [-0.39, 0.29) is 34.6 Å². The predicted molar refractivity (Wildman–Crippen MR) is 137 cm³/mol. The Labute approximate surface area is 222 Å². The van der Waals surface area contributed by atoms with Crippen LogP contribution >= 0.6 is 0 Å². The van der Waals surface area contributed by atoms with Gasteiger partial charge in [0.05, 0.1) is 23.7 Å². The molecule has 0 unspecified atom stereocenters. The lowest BCUT2D eigenvalue weighted by Crippen LogP contribution is -2.35. The number of aromatic nitrogens is 1. The van der Waals surface area contributed by atoms with Crippen LogP contribution in [0.4, 0.5) is 0 Å². The first-order valence-electron chi connectivity index (χ1n) is 13.2. The molecule has 1 aliphatic carbocycles. The number of fused-ring (bicyclic) bond motifs is 1. The maximum absolute atomic E-state index is 13.4. The first-order chi connectivity index (χ1) is 18.3. The Morgan fingerprint density at radius 3 is 2.03 bits per heavy atom. The van der Waals surface area contributed by atoms with Crippen LogP contribution in [0.5, 0.6) is 5.88 Å². The Morgan fingerprint density at radius 2 is 1.47 bits per heavy atom. The van der Waals surface area contributed by atoms with Crippen LogP contribution in [0.25, 0.3) is 0 Å². The Morgan fingerprint density at radius 1 is 0.895 bits per heavy atom. The molecule has 11 heteroatoms. The Balaban J connectivity index is 1.09. The number of nitrogens with zero attached hydrogens (tertiary/aromatic N) is 3. The lowest BCUT2D eigenvalue weighted by molar-refractivity contribution is 0.0233. The van der Waals surface area contributed by atoms with Crippen molar-refractivity contribution in [3.8, 4) is 5.88 Å². The zero-order valence-corrected chi connectivity index (χ0v) is 21.9. The molecule has 2 N–H and O–H groups in total. The Bertz CT molecular complexity index is 1320. The van der Waals surface area contributed by atoms with Crippen LogP contribution < -0.4 is 9.88 Å². The standard InChI is InChI=1S/C27H32N4O6S/c28-38(34,35)23-5-3-18(4-6-23)26(32)30-13-20-15-31(16-21(20)14-30)27(33)19-11-24(17-1-2-17)25(29-12-19)37-22-7-9-36-10-8-22/h3-6,11-12,17,20-22H,1-2,7-10,13-16H2,(H2,28,34,35)/t20-,21-/m1/s1. The molecule has 3 aliphatic heterocycles. The number of primary sulfonamides is 1. The summed E-state index contributed by atoms with van der Waals surface area (Å²) in [6.07, 6.45) is 5.62. The number of sulfonamides is 1. The van der Waals surface area contributed by atoms with E-state index in [1.807, 2.05) is 11.0 Å². The molecule has 202 valence electrons. The van der Waals surface area contributed by atoms with Gasteiger partial charge in [-0.3, -0.25) is 9.59 Å². The lowest BCUT2D eigenvalue weighted by Gasteiger charge is -2.24. The fraction of sp³-hybridized carbons (Fsp3) is 0.519. The van der Waals surface area contributed by atoms with Crippen LogP contribution in [0.2, 0.25) is 0 Å². The third kappa shape index (κ3) is 5.14. The van der Waals surface area contributed by atoms with Crippen LogP contribution in [-0.2, 0) is 14.8 Å². The highest BCUT2D eigenvalue weighted by atomic mass is 32.2. The molecule has 1 aromatic heterocycles. The molecule has 2 aromatic rings. The summed E-state index contributed by atoms with van der Waals surface area (Å²) in [7, 11) is -3.81. The second-order valence-electron chi connectivity index (χ2n) is 10.8. The van der Waals surface area contributed by atoms with E-state index in [0.717, 1.165) is 31.2 Å². The van der Waals surface area contributed by atoms with Crippen molar-refractivity contribution in [1.82, 2.24) is 14.8 Å². The highest BCUT2D eigenvalue weighted by molar-refractivity contribution is 7.89. The molecule has 38 heavy (non-hydrogen) atoms. The van der Waals surface area contributed by atoms with Gasteiger partial charge < -0.3 is 19.3 Å². The number of pyridine rings is 1. The van der Waals surface area contributed by atoms with Crippen LogP contribution in [0.1, 0.15) is 57.9 Å². The van der Waals surface area contributed by atoms with Crippen LogP contribution in [0, 0.1) is 11.8 Å². The molecule has 0 radical (unpaired) electrons. The van der Waals surface area contributed by atoms with Crippen molar-refractivity contribution in [1.29, 1.82) is 0 Å². The molecule has 4 fully saturated rings. The van der Waals surface area contributed by atoms with Gasteiger partial charge >= 0.3 is 0 Å². The van der Waals surface area contributed by atoms with E-state index in [9.17, 15) is 18.0 Å². The molecule has 2 amide bonds. The smallest absolute Gasteiger partial charge is 0.255 e. The normalized spacial score (nSPS) is 23.9. The van der Waals surface area contributed by atoms with Crippen molar-refractivity contribution in [2.24, 2.45) is 17.0 Å². The summed E-state index contributed by atoms with van der Waals surface area (Å²) in [5.41, 5.74) is 2.05. The highest BCUT2D eigenvalue weighted by Crippen LogP contribution is 2.44. The van der Waals surface area contributed by atoms with Gasteiger partial charge in [-0.05, 0) is 49.1 Å². The molecule has 0 spiro atoms. The third-order valence-electron chi connectivity index (χ3n) is 8.08. The zero-order valence-electron chi connectivity index (χ0n) is 21.1. The molecular formula is C27H32N4O6S. The average Bonchev–Trinajstić information content (AvgIpc) is 3.57. The molecule has 3 saturated heterocycles. The number of nitrogens with two attached hydrogens (primary N) is 1. The third-order valence-corrected chi connectivity index (χ3v) is 9.01. The second-order valence-corrected chi connectivity index (χ2v) is 12.4. The van der Waals surface area contributed by atoms with Gasteiger partial charge in [0.25, 0.3) is 11.8 Å². The largest absolute Gasteiger partial charge is 0.474 e. The minimum absolute atomic E-state index is 0.0241. The predicted octanol–water partition coefficient (Wildman–Crippen LogP) is 2.01. The fourth-order valence-electron chi connectivity index (χ4n) is 5.80. The topological polar surface area (TPSA) is 132 Å². The highest BCUT2D eigenvalue weighted by Gasteiger charge is 2.43. The van der Waals surface area contributed by atoms with E-state index in [1.165, 1.54) is 24.3 Å². The number of amides is 2. The number of carbonyl (C=O) groups is 2. The number of hydrogen-bond acceptors (Lipinski definition) is 7. The van der Waals surface area contributed by atoms with Gasteiger partial charge in [-0.25, -0.2) is 18.5 Å². The molecular weight excluding hydrogens is 508 g/mol. The number of rotatable bonds is 6. The van der Waals surface area contributed by atoms with Crippen molar-refractivity contribution >= 4 is 21.8 Å². The molecule has 2 atom stereocenters. The van der Waals surface area contributed by atoms with E-state index in [2.05, 4.69) is 4.98 Å². The summed E-state index contributed by atoms with van der Waals surface area (Å²) in [5, 5.41) is 5.15. The molecule has 10 nitrogen and oxygen atoms in total. The van der Waals surface area contributed by atoms with Crippen molar-refractivity contribution in [2.75, 3.05) is 39.4 Å². The zero-order chi connectivity index (χ0) is 26.4. The van der Waals surface area contributed by atoms with Crippen molar-refractivity contribution in [3.63, 3.8) is 0 Å². The molecule has 6 rings (SSSR count). The fourth-order valence-corrected chi connectivity index (χ4v) is 6.32. The maximum Gasteiger partial charge on any atom is 0.255 e. The van der Waals surface area contributed by atoms with E-state index in [4.69, 9.17) is 14.6 Å². The first-order valence-corrected chi connectivity index (χ1v) is 14.8. The Hall–Kier alpha value is -3.02. The molecule has 4 aliphatic rings.